The maximum absolute atomic E-state index is 13.7. The van der Waals surface area contributed by atoms with Crippen LogP contribution in [0.1, 0.15) is 92.3 Å². The number of anilines is 3. The lowest BCUT2D eigenvalue weighted by molar-refractivity contribution is 0.102. The third kappa shape index (κ3) is 6.00. The van der Waals surface area contributed by atoms with Crippen molar-refractivity contribution >= 4 is 38.7 Å². The van der Waals surface area contributed by atoms with Crippen molar-refractivity contribution in [1.82, 2.24) is 20.5 Å². The van der Waals surface area contributed by atoms with Crippen LogP contribution in [0.15, 0.2) is 42.7 Å². The normalized spacial score (nSPS) is 17.6. The summed E-state index contributed by atoms with van der Waals surface area (Å²) >= 11 is 0. The summed E-state index contributed by atoms with van der Waals surface area (Å²) in [6, 6.07) is 9.07. The first-order valence-electron chi connectivity index (χ1n) is 15.5. The molecule has 1 spiro atoms. The number of imidazole rings is 1. The number of fused-ring (bicyclic) bond motifs is 2. The van der Waals surface area contributed by atoms with Crippen LogP contribution in [-0.2, 0) is 27.4 Å². The highest BCUT2D eigenvalue weighted by atomic mass is 32.2. The fraction of sp³-hybridized carbons (Fsp3) is 0.455. The Morgan fingerprint density at radius 1 is 1.07 bits per heavy atom. The van der Waals surface area contributed by atoms with Crippen LogP contribution in [-0.4, -0.2) is 37.2 Å². The van der Waals surface area contributed by atoms with E-state index in [0.717, 1.165) is 53.1 Å². The number of ether oxygens (including phenoxy) is 1. The second kappa shape index (κ2) is 11.4. The number of hydrogen-bond acceptors (Lipinski definition) is 8. The highest BCUT2D eigenvalue weighted by Gasteiger charge is 2.42. The second-order valence-electron chi connectivity index (χ2n) is 13.5. The number of nitrogens with zero attached hydrogens (tertiary/aromatic N) is 3. The monoisotopic (exact) mass is 633 g/mol. The van der Waals surface area contributed by atoms with Gasteiger partial charge in [0.25, 0.3) is 5.91 Å². The average Bonchev–Trinajstić information content (AvgIpc) is 3.70. The largest absolute Gasteiger partial charge is 0.492 e. The molecule has 240 valence electrons. The van der Waals surface area contributed by atoms with Gasteiger partial charge in [0.1, 0.15) is 5.82 Å². The van der Waals surface area contributed by atoms with E-state index in [1.807, 2.05) is 63.3 Å². The van der Waals surface area contributed by atoms with Crippen molar-refractivity contribution in [2.75, 3.05) is 28.4 Å². The van der Waals surface area contributed by atoms with E-state index in [-0.39, 0.29) is 28.3 Å². The molecule has 3 aliphatic rings. The lowest BCUT2D eigenvalue weighted by atomic mass is 9.80. The maximum atomic E-state index is 13.7. The molecule has 3 heterocycles. The van der Waals surface area contributed by atoms with Gasteiger partial charge in [0.05, 0.1) is 54.2 Å². The molecule has 0 unspecified atom stereocenters. The zero-order valence-electron chi connectivity index (χ0n) is 26.9. The first-order valence-corrected chi connectivity index (χ1v) is 17.4. The minimum atomic E-state index is -3.59. The third-order valence-electron chi connectivity index (χ3n) is 9.19. The second-order valence-corrected chi connectivity index (χ2v) is 15.3. The summed E-state index contributed by atoms with van der Waals surface area (Å²) in [6.45, 7) is 8.05. The molecular formula is C33H43N7O4S. The highest BCUT2D eigenvalue weighted by molar-refractivity contribution is 7.92. The molecule has 0 radical (unpaired) electrons. The Balaban J connectivity index is 1.29. The van der Waals surface area contributed by atoms with Crippen molar-refractivity contribution in [3.05, 3.63) is 70.9 Å². The number of carbonyl (C=O) groups excluding carboxylic acids is 1. The number of aromatic nitrogens is 2. The standard InChI is InChI=1S/C33H43N7O4S/c1-21-10-11-22(31(41)35-24-17-23(32(2,3)4)18-25(30(24)44-5)37-45(6,42)43)16-27(21)39-20-26(36-38-39)28-19-34-29-12-15-33(40(28)29)13-8-7-9-14-33/h10-11,16-20,36-38H,7-9,12-15H2,1-6H3,(H,35,41). The zero-order chi connectivity index (χ0) is 32.1. The van der Waals surface area contributed by atoms with Crippen LogP contribution in [0.2, 0.25) is 0 Å². The van der Waals surface area contributed by atoms with Gasteiger partial charge in [0.2, 0.25) is 10.0 Å². The first kappa shape index (κ1) is 31.0. The average molecular weight is 634 g/mol. The fourth-order valence-corrected chi connectivity index (χ4v) is 7.41. The lowest BCUT2D eigenvalue weighted by Gasteiger charge is -2.36. The van der Waals surface area contributed by atoms with Crippen molar-refractivity contribution < 1.29 is 17.9 Å². The third-order valence-corrected chi connectivity index (χ3v) is 9.78. The first-order chi connectivity index (χ1) is 21.3. The Labute approximate surface area is 265 Å². The van der Waals surface area contributed by atoms with Gasteiger partial charge in [0.15, 0.2) is 5.75 Å². The molecule has 1 aromatic heterocycles. The molecule has 6 rings (SSSR count). The summed E-state index contributed by atoms with van der Waals surface area (Å²) in [5.74, 6) is 1.04. The van der Waals surface area contributed by atoms with E-state index in [1.54, 1.807) is 12.1 Å². The van der Waals surface area contributed by atoms with Crippen LogP contribution in [0, 0.1) is 6.92 Å². The van der Waals surface area contributed by atoms with Crippen LogP contribution in [0.5, 0.6) is 5.75 Å². The quantitative estimate of drug-likeness (QED) is 0.266. The summed E-state index contributed by atoms with van der Waals surface area (Å²) < 4.78 is 34.9. The van der Waals surface area contributed by atoms with Crippen LogP contribution < -0.4 is 30.7 Å². The van der Waals surface area contributed by atoms with E-state index >= 15 is 0 Å². The topological polar surface area (TPSA) is 130 Å². The van der Waals surface area contributed by atoms with Crippen LogP contribution in [0.4, 0.5) is 17.1 Å². The SMILES string of the molecule is COc1c(NC(=O)c2ccc(C)c(N3C=C(c4cnc5n4C4(CCCCC4)CC5)NN3)c2)cc(C(C)(C)C)cc1NS(C)(=O)=O. The van der Waals surface area contributed by atoms with Gasteiger partial charge in [-0.3, -0.25) is 20.0 Å². The summed E-state index contributed by atoms with van der Waals surface area (Å²) in [4.78, 5) is 18.5. The molecule has 1 aliphatic carbocycles. The molecule has 45 heavy (non-hydrogen) atoms. The molecule has 2 aliphatic heterocycles. The van der Waals surface area contributed by atoms with E-state index in [0.29, 0.717) is 11.3 Å². The Kier molecular flexibility index (Phi) is 7.85. The van der Waals surface area contributed by atoms with Gasteiger partial charge in [-0.2, -0.15) is 0 Å². The molecule has 0 saturated heterocycles. The van der Waals surface area contributed by atoms with Gasteiger partial charge < -0.3 is 14.6 Å². The molecule has 2 aromatic carbocycles. The van der Waals surface area contributed by atoms with Crippen molar-refractivity contribution in [1.29, 1.82) is 0 Å². The predicted octanol–water partition coefficient (Wildman–Crippen LogP) is 5.55. The van der Waals surface area contributed by atoms with Gasteiger partial charge in [0, 0.05) is 17.5 Å². The van der Waals surface area contributed by atoms with E-state index in [1.165, 1.54) is 39.2 Å². The molecule has 0 bridgehead atoms. The maximum Gasteiger partial charge on any atom is 0.255 e. The van der Waals surface area contributed by atoms with Crippen molar-refractivity contribution in [3.8, 4) is 5.75 Å². The molecule has 1 fully saturated rings. The fourth-order valence-electron chi connectivity index (χ4n) is 6.85. The van der Waals surface area contributed by atoms with Crippen LogP contribution in [0.3, 0.4) is 0 Å². The molecule has 3 aromatic rings. The van der Waals surface area contributed by atoms with Gasteiger partial charge in [-0.25, -0.2) is 13.4 Å². The number of nitrogens with one attached hydrogen (secondary N) is 4. The van der Waals surface area contributed by atoms with E-state index in [9.17, 15) is 13.2 Å². The minimum Gasteiger partial charge on any atom is -0.492 e. The van der Waals surface area contributed by atoms with Crippen molar-refractivity contribution in [2.24, 2.45) is 0 Å². The van der Waals surface area contributed by atoms with Gasteiger partial charge in [-0.05, 0) is 67.0 Å². The minimum absolute atomic E-state index is 0.158. The van der Waals surface area contributed by atoms with Gasteiger partial charge in [-0.15, -0.1) is 5.53 Å². The summed E-state index contributed by atoms with van der Waals surface area (Å²) in [6.07, 6.45) is 13.4. The number of hydrazine groups is 2. The molecule has 4 N–H and O–H groups in total. The van der Waals surface area contributed by atoms with Gasteiger partial charge in [-0.1, -0.05) is 46.1 Å². The number of amides is 1. The Morgan fingerprint density at radius 2 is 1.80 bits per heavy atom. The Morgan fingerprint density at radius 3 is 2.49 bits per heavy atom. The van der Waals surface area contributed by atoms with E-state index < -0.39 is 10.0 Å². The number of benzene rings is 2. The molecule has 1 amide bonds. The number of carbonyl (C=O) groups is 1. The van der Waals surface area contributed by atoms with Crippen molar-refractivity contribution in [2.45, 2.75) is 83.6 Å². The molecule has 1 saturated carbocycles. The number of sulfonamides is 1. The Hall–Kier alpha value is -4.03. The number of hydrogen-bond donors (Lipinski definition) is 4. The summed E-state index contributed by atoms with van der Waals surface area (Å²) in [5, 5.41) is 4.85. The number of rotatable bonds is 7. The molecule has 12 heteroatoms. The Bertz CT molecular complexity index is 1780. The highest BCUT2D eigenvalue weighted by Crippen LogP contribution is 2.45. The molecular weight excluding hydrogens is 590 g/mol. The summed E-state index contributed by atoms with van der Waals surface area (Å²) in [5.41, 5.74) is 12.1. The smallest absolute Gasteiger partial charge is 0.255 e. The van der Waals surface area contributed by atoms with Crippen LogP contribution >= 0.6 is 0 Å². The predicted molar refractivity (Wildman–Crippen MR) is 178 cm³/mol. The van der Waals surface area contributed by atoms with E-state index in [2.05, 4.69) is 25.6 Å². The number of methoxy groups -OCH3 is 1. The molecule has 0 atom stereocenters. The number of aryl methyl sites for hydroxylation is 2. The van der Waals surface area contributed by atoms with E-state index in [4.69, 9.17) is 9.72 Å². The lowest BCUT2D eigenvalue weighted by Crippen LogP contribution is -2.38. The van der Waals surface area contributed by atoms with Crippen LogP contribution in [0.25, 0.3) is 5.70 Å². The molecule has 11 nitrogen and oxygen atoms in total. The van der Waals surface area contributed by atoms with Gasteiger partial charge >= 0.3 is 0 Å². The zero-order valence-corrected chi connectivity index (χ0v) is 27.7. The summed E-state index contributed by atoms with van der Waals surface area (Å²) in [7, 11) is -2.15. The van der Waals surface area contributed by atoms with Crippen molar-refractivity contribution in [3.63, 3.8) is 0 Å².